The Morgan fingerprint density at radius 1 is 0.833 bits per heavy atom. The van der Waals surface area contributed by atoms with Gasteiger partial charge in [0.1, 0.15) is 11.4 Å². The molecule has 1 aromatic heterocycles. The third kappa shape index (κ3) is 2.89. The highest BCUT2D eigenvalue weighted by atomic mass is 16.1. The van der Waals surface area contributed by atoms with Gasteiger partial charge in [-0.15, -0.1) is 0 Å². The SMILES string of the molecule is O=Cc1cc(C#Cc2ccccc2)cc(C=O)n1. The molecule has 0 N–H and O–H groups in total. The first-order chi connectivity index (χ1) is 8.81. The van der Waals surface area contributed by atoms with Crippen LogP contribution in [0.15, 0.2) is 42.5 Å². The Bertz CT molecular complexity index is 610. The number of benzene rings is 1. The minimum atomic E-state index is 0.206. The smallest absolute Gasteiger partial charge is 0.168 e. The molecule has 0 radical (unpaired) electrons. The van der Waals surface area contributed by atoms with Crippen LogP contribution < -0.4 is 0 Å². The van der Waals surface area contributed by atoms with E-state index in [-0.39, 0.29) is 11.4 Å². The molecule has 1 aromatic carbocycles. The Morgan fingerprint density at radius 3 is 1.94 bits per heavy atom. The molecule has 3 heteroatoms. The minimum absolute atomic E-state index is 0.206. The monoisotopic (exact) mass is 235 g/mol. The fourth-order valence-corrected chi connectivity index (χ4v) is 1.43. The van der Waals surface area contributed by atoms with Gasteiger partial charge in [-0.3, -0.25) is 9.59 Å². The van der Waals surface area contributed by atoms with Crippen LogP contribution in [-0.4, -0.2) is 17.6 Å². The number of aromatic nitrogens is 1. The van der Waals surface area contributed by atoms with Gasteiger partial charge >= 0.3 is 0 Å². The van der Waals surface area contributed by atoms with Gasteiger partial charge in [0.05, 0.1) is 0 Å². The van der Waals surface area contributed by atoms with Gasteiger partial charge in [0.15, 0.2) is 12.6 Å². The van der Waals surface area contributed by atoms with Gasteiger partial charge in [0.2, 0.25) is 0 Å². The molecule has 0 fully saturated rings. The van der Waals surface area contributed by atoms with Crippen molar-refractivity contribution in [3.8, 4) is 11.8 Å². The summed E-state index contributed by atoms with van der Waals surface area (Å²) in [6.07, 6.45) is 1.20. The van der Waals surface area contributed by atoms with E-state index in [4.69, 9.17) is 0 Å². The lowest BCUT2D eigenvalue weighted by Gasteiger charge is -1.95. The molecule has 0 spiro atoms. The van der Waals surface area contributed by atoms with E-state index in [0.29, 0.717) is 18.1 Å². The number of pyridine rings is 1. The van der Waals surface area contributed by atoms with Crippen molar-refractivity contribution in [1.82, 2.24) is 4.98 Å². The highest BCUT2D eigenvalue weighted by Gasteiger charge is 1.99. The van der Waals surface area contributed by atoms with Crippen LogP contribution in [0.25, 0.3) is 0 Å². The third-order valence-electron chi connectivity index (χ3n) is 2.23. The summed E-state index contributed by atoms with van der Waals surface area (Å²) in [7, 11) is 0. The zero-order chi connectivity index (χ0) is 12.8. The molecule has 0 unspecified atom stereocenters. The van der Waals surface area contributed by atoms with Crippen LogP contribution in [0.1, 0.15) is 32.1 Å². The summed E-state index contributed by atoms with van der Waals surface area (Å²) in [5.74, 6) is 5.86. The van der Waals surface area contributed by atoms with Crippen molar-refractivity contribution in [2.45, 2.75) is 0 Å². The first kappa shape index (κ1) is 11.7. The molecule has 86 valence electrons. The maximum Gasteiger partial charge on any atom is 0.168 e. The molecule has 2 rings (SSSR count). The lowest BCUT2D eigenvalue weighted by Crippen LogP contribution is -1.94. The van der Waals surface area contributed by atoms with Crippen LogP contribution >= 0.6 is 0 Å². The van der Waals surface area contributed by atoms with E-state index in [1.54, 1.807) is 12.1 Å². The molecular weight excluding hydrogens is 226 g/mol. The topological polar surface area (TPSA) is 47.0 Å². The van der Waals surface area contributed by atoms with Crippen LogP contribution in [0, 0.1) is 11.8 Å². The van der Waals surface area contributed by atoms with E-state index in [2.05, 4.69) is 16.8 Å². The van der Waals surface area contributed by atoms with Crippen molar-refractivity contribution in [1.29, 1.82) is 0 Å². The van der Waals surface area contributed by atoms with E-state index < -0.39 is 0 Å². The Labute approximate surface area is 104 Å². The summed E-state index contributed by atoms with van der Waals surface area (Å²) in [5.41, 5.74) is 1.88. The number of rotatable bonds is 2. The van der Waals surface area contributed by atoms with Crippen molar-refractivity contribution >= 4 is 12.6 Å². The van der Waals surface area contributed by atoms with E-state index >= 15 is 0 Å². The second kappa shape index (κ2) is 5.55. The molecule has 0 bridgehead atoms. The number of aldehydes is 2. The lowest BCUT2D eigenvalue weighted by atomic mass is 10.1. The average molecular weight is 235 g/mol. The molecule has 0 saturated carbocycles. The molecule has 3 nitrogen and oxygen atoms in total. The predicted molar refractivity (Wildman–Crippen MR) is 67.4 cm³/mol. The van der Waals surface area contributed by atoms with E-state index in [9.17, 15) is 9.59 Å². The summed E-state index contributed by atoms with van der Waals surface area (Å²) in [6.45, 7) is 0. The van der Waals surface area contributed by atoms with Crippen LogP contribution in [0.5, 0.6) is 0 Å². The van der Waals surface area contributed by atoms with Gasteiger partial charge in [-0.05, 0) is 24.3 Å². The van der Waals surface area contributed by atoms with Gasteiger partial charge in [-0.2, -0.15) is 0 Å². The molecule has 0 amide bonds. The molecule has 0 saturated heterocycles. The Kier molecular flexibility index (Phi) is 3.62. The first-order valence-corrected chi connectivity index (χ1v) is 5.31. The quantitative estimate of drug-likeness (QED) is 0.591. The number of nitrogens with zero attached hydrogens (tertiary/aromatic N) is 1. The number of hydrogen-bond donors (Lipinski definition) is 0. The number of hydrogen-bond acceptors (Lipinski definition) is 3. The highest BCUT2D eigenvalue weighted by molar-refractivity contribution is 5.78. The zero-order valence-corrected chi connectivity index (χ0v) is 9.46. The van der Waals surface area contributed by atoms with E-state index in [1.807, 2.05) is 30.3 Å². The summed E-state index contributed by atoms with van der Waals surface area (Å²) < 4.78 is 0. The van der Waals surface area contributed by atoms with Crippen LogP contribution in [-0.2, 0) is 0 Å². The molecule has 0 aliphatic carbocycles. The van der Waals surface area contributed by atoms with Crippen molar-refractivity contribution in [3.63, 3.8) is 0 Å². The van der Waals surface area contributed by atoms with Gasteiger partial charge in [-0.1, -0.05) is 30.0 Å². The average Bonchev–Trinajstić information content (AvgIpc) is 2.45. The van der Waals surface area contributed by atoms with Crippen molar-refractivity contribution < 1.29 is 9.59 Å². The highest BCUT2D eigenvalue weighted by Crippen LogP contribution is 2.03. The van der Waals surface area contributed by atoms with Gasteiger partial charge in [0.25, 0.3) is 0 Å². The fraction of sp³-hybridized carbons (Fsp3) is 0. The fourth-order valence-electron chi connectivity index (χ4n) is 1.43. The Morgan fingerprint density at radius 2 is 1.39 bits per heavy atom. The summed E-state index contributed by atoms with van der Waals surface area (Å²) in [4.78, 5) is 25.2. The van der Waals surface area contributed by atoms with Crippen molar-refractivity contribution in [2.75, 3.05) is 0 Å². The second-order valence-electron chi connectivity index (χ2n) is 3.56. The van der Waals surface area contributed by atoms with Crippen LogP contribution in [0.2, 0.25) is 0 Å². The largest absolute Gasteiger partial charge is 0.296 e. The molecular formula is C15H9NO2. The van der Waals surface area contributed by atoms with Gasteiger partial charge < -0.3 is 0 Å². The number of carbonyl (C=O) groups excluding carboxylic acids is 2. The third-order valence-corrected chi connectivity index (χ3v) is 2.23. The van der Waals surface area contributed by atoms with Gasteiger partial charge in [-0.25, -0.2) is 4.98 Å². The van der Waals surface area contributed by atoms with Gasteiger partial charge in [0, 0.05) is 11.1 Å². The molecule has 0 aliphatic heterocycles. The van der Waals surface area contributed by atoms with E-state index in [1.165, 1.54) is 0 Å². The summed E-state index contributed by atoms with van der Waals surface area (Å²) >= 11 is 0. The predicted octanol–water partition coefficient (Wildman–Crippen LogP) is 2.11. The van der Waals surface area contributed by atoms with Crippen LogP contribution in [0.4, 0.5) is 0 Å². The zero-order valence-electron chi connectivity index (χ0n) is 9.46. The molecule has 18 heavy (non-hydrogen) atoms. The van der Waals surface area contributed by atoms with Crippen molar-refractivity contribution in [2.24, 2.45) is 0 Å². The summed E-state index contributed by atoms with van der Waals surface area (Å²) in [5, 5.41) is 0. The molecule has 0 atom stereocenters. The van der Waals surface area contributed by atoms with E-state index in [0.717, 1.165) is 5.56 Å². The maximum atomic E-state index is 10.7. The summed E-state index contributed by atoms with van der Waals surface area (Å²) in [6, 6.07) is 12.6. The van der Waals surface area contributed by atoms with Crippen LogP contribution in [0.3, 0.4) is 0 Å². The minimum Gasteiger partial charge on any atom is -0.296 e. The standard InChI is InChI=1S/C15H9NO2/c17-10-14-8-13(9-15(11-18)16-14)7-6-12-4-2-1-3-5-12/h1-5,8-11H. The molecule has 0 aliphatic rings. The normalized spacial score (nSPS) is 9.11. The maximum absolute atomic E-state index is 10.7. The first-order valence-electron chi connectivity index (χ1n) is 5.31. The molecule has 1 heterocycles. The second-order valence-corrected chi connectivity index (χ2v) is 3.56. The lowest BCUT2D eigenvalue weighted by molar-refractivity contribution is 0.111. The number of carbonyl (C=O) groups is 2. The Hall–Kier alpha value is -2.73. The van der Waals surface area contributed by atoms with Crippen molar-refractivity contribution in [3.05, 3.63) is 65.0 Å². The Balaban J connectivity index is 2.37. The molecule has 2 aromatic rings.